The quantitative estimate of drug-likeness (QED) is 0.592. The van der Waals surface area contributed by atoms with Crippen molar-refractivity contribution in [2.24, 2.45) is 5.92 Å². The predicted octanol–water partition coefficient (Wildman–Crippen LogP) is 2.46. The molecule has 4 aliphatic rings. The van der Waals surface area contributed by atoms with Crippen LogP contribution in [-0.4, -0.2) is 17.0 Å². The van der Waals surface area contributed by atoms with E-state index in [2.05, 4.69) is 0 Å². The van der Waals surface area contributed by atoms with Crippen LogP contribution < -0.4 is 0 Å². The van der Waals surface area contributed by atoms with E-state index in [-0.39, 0.29) is 5.60 Å². The fraction of sp³-hybridized carbons (Fsp3) is 0.917. The van der Waals surface area contributed by atoms with Crippen molar-refractivity contribution < 1.29 is 9.53 Å². The standard InChI is InChI=1S/C12H18O2/c1-11-7-4-9(8-10(11)13)12(14-11)5-2-3-6-12/h9H,2-8H2,1H3. The van der Waals surface area contributed by atoms with Crippen LogP contribution in [-0.2, 0) is 9.53 Å². The molecule has 78 valence electrons. The molecule has 2 bridgehead atoms. The molecule has 2 heteroatoms. The van der Waals surface area contributed by atoms with E-state index in [1.165, 1.54) is 32.1 Å². The molecule has 0 aromatic carbocycles. The molecule has 2 unspecified atom stereocenters. The third-order valence-electron chi connectivity index (χ3n) is 4.61. The number of fused-ring (bicyclic) bond motifs is 2. The average molecular weight is 194 g/mol. The molecule has 0 radical (unpaired) electrons. The van der Waals surface area contributed by atoms with E-state index in [1.54, 1.807) is 0 Å². The first kappa shape index (κ1) is 8.90. The molecule has 4 fully saturated rings. The van der Waals surface area contributed by atoms with Crippen LogP contribution in [0, 0.1) is 5.92 Å². The van der Waals surface area contributed by atoms with Gasteiger partial charge in [0.1, 0.15) is 5.60 Å². The lowest BCUT2D eigenvalue weighted by Crippen LogP contribution is -2.60. The van der Waals surface area contributed by atoms with E-state index < -0.39 is 5.60 Å². The summed E-state index contributed by atoms with van der Waals surface area (Å²) in [6.45, 7) is 2.00. The maximum Gasteiger partial charge on any atom is 0.164 e. The van der Waals surface area contributed by atoms with Gasteiger partial charge in [-0.15, -0.1) is 0 Å². The van der Waals surface area contributed by atoms with Gasteiger partial charge in [-0.1, -0.05) is 12.8 Å². The monoisotopic (exact) mass is 194 g/mol. The summed E-state index contributed by atoms with van der Waals surface area (Å²) in [6.07, 6.45) is 7.93. The number of rotatable bonds is 0. The first-order chi connectivity index (χ1) is 6.65. The van der Waals surface area contributed by atoms with Gasteiger partial charge in [-0.25, -0.2) is 0 Å². The minimum absolute atomic E-state index is 0.112. The van der Waals surface area contributed by atoms with Gasteiger partial charge < -0.3 is 4.74 Å². The van der Waals surface area contributed by atoms with E-state index >= 15 is 0 Å². The third-order valence-corrected chi connectivity index (χ3v) is 4.61. The lowest BCUT2D eigenvalue weighted by molar-refractivity contribution is -0.230. The van der Waals surface area contributed by atoms with Gasteiger partial charge in [0, 0.05) is 6.42 Å². The van der Waals surface area contributed by atoms with Crippen LogP contribution in [0.15, 0.2) is 0 Å². The molecule has 2 aliphatic carbocycles. The van der Waals surface area contributed by atoms with Gasteiger partial charge >= 0.3 is 0 Å². The number of ketones is 1. The van der Waals surface area contributed by atoms with Crippen molar-refractivity contribution >= 4 is 5.78 Å². The Kier molecular flexibility index (Phi) is 1.65. The van der Waals surface area contributed by atoms with Crippen LogP contribution in [0.25, 0.3) is 0 Å². The Hall–Kier alpha value is -0.370. The topological polar surface area (TPSA) is 26.3 Å². The Morgan fingerprint density at radius 3 is 2.57 bits per heavy atom. The molecule has 14 heavy (non-hydrogen) atoms. The Labute approximate surface area is 85.0 Å². The number of ether oxygens (including phenoxy) is 1. The average Bonchev–Trinajstić information content (AvgIpc) is 2.57. The van der Waals surface area contributed by atoms with Gasteiger partial charge in [-0.3, -0.25) is 4.79 Å². The summed E-state index contributed by atoms with van der Waals surface area (Å²) in [5, 5.41) is 0. The molecular weight excluding hydrogens is 176 g/mol. The van der Waals surface area contributed by atoms with E-state index in [4.69, 9.17) is 4.74 Å². The Morgan fingerprint density at radius 1 is 1.29 bits per heavy atom. The molecule has 0 aromatic heterocycles. The highest BCUT2D eigenvalue weighted by Gasteiger charge is 2.58. The molecule has 2 nitrogen and oxygen atoms in total. The predicted molar refractivity (Wildman–Crippen MR) is 53.0 cm³/mol. The fourth-order valence-corrected chi connectivity index (χ4v) is 3.70. The van der Waals surface area contributed by atoms with Crippen molar-refractivity contribution in [3.8, 4) is 0 Å². The van der Waals surface area contributed by atoms with Crippen LogP contribution in [0.3, 0.4) is 0 Å². The summed E-state index contributed by atoms with van der Waals surface area (Å²) in [4.78, 5) is 11.8. The van der Waals surface area contributed by atoms with E-state index in [0.29, 0.717) is 11.7 Å². The SMILES string of the molecule is CC12CCC(CC1=O)C1(CCCC1)O2. The molecule has 0 amide bonds. The largest absolute Gasteiger partial charge is 0.361 e. The molecule has 1 spiro atoms. The third kappa shape index (κ3) is 0.979. The number of carbonyl (C=O) groups is 1. The fourth-order valence-electron chi connectivity index (χ4n) is 3.70. The molecular formula is C12H18O2. The number of carbonyl (C=O) groups excluding carboxylic acids is 1. The van der Waals surface area contributed by atoms with Gasteiger partial charge in [0.05, 0.1) is 5.60 Å². The van der Waals surface area contributed by atoms with Crippen molar-refractivity contribution in [2.75, 3.05) is 0 Å². The molecule has 0 N–H and O–H groups in total. The highest BCUT2D eigenvalue weighted by molar-refractivity contribution is 5.88. The lowest BCUT2D eigenvalue weighted by Gasteiger charge is -2.54. The second kappa shape index (κ2) is 2.60. The van der Waals surface area contributed by atoms with E-state index in [1.807, 2.05) is 6.92 Å². The van der Waals surface area contributed by atoms with Crippen LogP contribution in [0.1, 0.15) is 51.9 Å². The van der Waals surface area contributed by atoms with Crippen LogP contribution >= 0.6 is 0 Å². The van der Waals surface area contributed by atoms with E-state index in [0.717, 1.165) is 12.8 Å². The Balaban J connectivity index is 1.95. The van der Waals surface area contributed by atoms with Gasteiger partial charge in [0.25, 0.3) is 0 Å². The zero-order valence-corrected chi connectivity index (χ0v) is 8.84. The summed E-state index contributed by atoms with van der Waals surface area (Å²) in [5.74, 6) is 0.894. The van der Waals surface area contributed by atoms with Gasteiger partial charge in [-0.2, -0.15) is 0 Å². The van der Waals surface area contributed by atoms with Crippen molar-refractivity contribution in [1.82, 2.24) is 0 Å². The Bertz CT molecular complexity index is 278. The smallest absolute Gasteiger partial charge is 0.164 e. The Morgan fingerprint density at radius 2 is 2.00 bits per heavy atom. The molecule has 4 rings (SSSR count). The van der Waals surface area contributed by atoms with Crippen LogP contribution in [0.4, 0.5) is 0 Å². The molecule has 2 saturated carbocycles. The second-order valence-corrected chi connectivity index (χ2v) is 5.47. The highest BCUT2D eigenvalue weighted by atomic mass is 16.5. The molecule has 0 aromatic rings. The minimum Gasteiger partial charge on any atom is -0.361 e. The maximum atomic E-state index is 11.8. The summed E-state index contributed by atoms with van der Waals surface area (Å²) >= 11 is 0. The highest BCUT2D eigenvalue weighted by Crippen LogP contribution is 2.54. The first-order valence-electron chi connectivity index (χ1n) is 5.88. The molecule has 2 atom stereocenters. The summed E-state index contributed by atoms with van der Waals surface area (Å²) < 4.78 is 6.18. The van der Waals surface area contributed by atoms with Crippen LogP contribution in [0.5, 0.6) is 0 Å². The minimum atomic E-state index is -0.418. The molecule has 2 aliphatic heterocycles. The van der Waals surface area contributed by atoms with Crippen LogP contribution in [0.2, 0.25) is 0 Å². The van der Waals surface area contributed by atoms with Crippen molar-refractivity contribution in [1.29, 1.82) is 0 Å². The summed E-state index contributed by atoms with van der Waals surface area (Å²) in [6, 6.07) is 0. The lowest BCUT2D eigenvalue weighted by atomic mass is 9.66. The normalized spacial score (nSPS) is 44.9. The number of Topliss-reactive ketones (excluding diaryl/α,β-unsaturated/α-hetero) is 1. The maximum absolute atomic E-state index is 11.8. The zero-order valence-electron chi connectivity index (χ0n) is 8.84. The molecule has 2 saturated heterocycles. The van der Waals surface area contributed by atoms with Gasteiger partial charge in [0.15, 0.2) is 5.78 Å². The van der Waals surface area contributed by atoms with Crippen molar-refractivity contribution in [3.05, 3.63) is 0 Å². The number of hydrogen-bond acceptors (Lipinski definition) is 2. The summed E-state index contributed by atoms with van der Waals surface area (Å²) in [5.41, 5.74) is -0.306. The van der Waals surface area contributed by atoms with Crippen molar-refractivity contribution in [3.63, 3.8) is 0 Å². The first-order valence-corrected chi connectivity index (χ1v) is 5.88. The van der Waals surface area contributed by atoms with E-state index in [9.17, 15) is 4.79 Å². The molecule has 2 heterocycles. The number of hydrogen-bond donors (Lipinski definition) is 0. The second-order valence-electron chi connectivity index (χ2n) is 5.47. The van der Waals surface area contributed by atoms with Gasteiger partial charge in [-0.05, 0) is 38.5 Å². The zero-order chi connectivity index (χ0) is 9.81. The summed E-state index contributed by atoms with van der Waals surface area (Å²) in [7, 11) is 0. The van der Waals surface area contributed by atoms with Gasteiger partial charge in [0.2, 0.25) is 0 Å². The van der Waals surface area contributed by atoms with Crippen molar-refractivity contribution in [2.45, 2.75) is 63.1 Å².